The second-order valence-corrected chi connectivity index (χ2v) is 8.26. The number of ether oxygens (including phenoxy) is 3. The minimum absolute atomic E-state index is 0.322. The van der Waals surface area contributed by atoms with Crippen LogP contribution in [0.25, 0.3) is 0 Å². The number of nitrogens with zero attached hydrogens (tertiary/aromatic N) is 2. The molecule has 0 saturated carbocycles. The third kappa shape index (κ3) is 7.13. The lowest BCUT2D eigenvalue weighted by atomic mass is 10.0. The van der Waals surface area contributed by atoms with Gasteiger partial charge in [-0.3, -0.25) is 4.90 Å². The summed E-state index contributed by atoms with van der Waals surface area (Å²) >= 11 is 0. The van der Waals surface area contributed by atoms with Gasteiger partial charge in [0, 0.05) is 32.7 Å². The topological polar surface area (TPSA) is 54.4 Å². The summed E-state index contributed by atoms with van der Waals surface area (Å²) in [7, 11) is 1.71. The molecule has 6 heteroatoms. The Labute approximate surface area is 186 Å². The molecule has 1 fully saturated rings. The van der Waals surface area contributed by atoms with Gasteiger partial charge < -0.3 is 24.2 Å². The van der Waals surface area contributed by atoms with Crippen molar-refractivity contribution in [2.75, 3.05) is 64.6 Å². The third-order valence-corrected chi connectivity index (χ3v) is 5.62. The molecule has 1 saturated heterocycles. The van der Waals surface area contributed by atoms with Crippen molar-refractivity contribution in [3.8, 4) is 11.5 Å². The van der Waals surface area contributed by atoms with Gasteiger partial charge in [0.2, 0.25) is 0 Å². The van der Waals surface area contributed by atoms with E-state index < -0.39 is 6.10 Å². The summed E-state index contributed by atoms with van der Waals surface area (Å²) in [6.07, 6.45) is -0.497. The second-order valence-electron chi connectivity index (χ2n) is 8.26. The van der Waals surface area contributed by atoms with Crippen LogP contribution in [0.2, 0.25) is 0 Å². The molecule has 0 unspecified atom stereocenters. The van der Waals surface area contributed by atoms with E-state index in [1.54, 1.807) is 7.11 Å². The Morgan fingerprint density at radius 2 is 1.65 bits per heavy atom. The summed E-state index contributed by atoms with van der Waals surface area (Å²) in [5.74, 6) is 2.27. The predicted octanol–water partition coefficient (Wildman–Crippen LogP) is 3.40. The van der Waals surface area contributed by atoms with Crippen molar-refractivity contribution in [3.05, 3.63) is 54.1 Å². The Morgan fingerprint density at radius 3 is 2.32 bits per heavy atom. The maximum absolute atomic E-state index is 10.3. The Kier molecular flexibility index (Phi) is 9.00. The number of hydrogen-bond acceptors (Lipinski definition) is 6. The van der Waals surface area contributed by atoms with Gasteiger partial charge in [-0.05, 0) is 35.7 Å². The fraction of sp³-hybridized carbons (Fsp3) is 0.520. The van der Waals surface area contributed by atoms with Gasteiger partial charge in [-0.1, -0.05) is 38.1 Å². The van der Waals surface area contributed by atoms with E-state index in [0.29, 0.717) is 32.3 Å². The van der Waals surface area contributed by atoms with E-state index >= 15 is 0 Å². The Bertz CT molecular complexity index is 773. The molecule has 1 aliphatic heterocycles. The summed E-state index contributed by atoms with van der Waals surface area (Å²) in [6.45, 7) is 9.88. The number of methoxy groups -OCH3 is 1. The second kappa shape index (κ2) is 11.9. The van der Waals surface area contributed by atoms with Crippen LogP contribution in [0.1, 0.15) is 25.3 Å². The minimum Gasteiger partial charge on any atom is -0.495 e. The van der Waals surface area contributed by atoms with Gasteiger partial charge >= 0.3 is 0 Å². The predicted molar refractivity (Wildman–Crippen MR) is 124 cm³/mol. The van der Waals surface area contributed by atoms with Gasteiger partial charge in [-0.25, -0.2) is 0 Å². The molecule has 0 aliphatic carbocycles. The van der Waals surface area contributed by atoms with Crippen molar-refractivity contribution in [3.63, 3.8) is 0 Å². The smallest absolute Gasteiger partial charge is 0.142 e. The average Bonchev–Trinajstić information content (AvgIpc) is 2.79. The van der Waals surface area contributed by atoms with Crippen LogP contribution in [-0.4, -0.2) is 75.8 Å². The highest BCUT2D eigenvalue weighted by Gasteiger charge is 2.21. The number of rotatable bonds is 11. The van der Waals surface area contributed by atoms with E-state index in [4.69, 9.17) is 14.2 Å². The van der Waals surface area contributed by atoms with Crippen LogP contribution in [0.5, 0.6) is 11.5 Å². The molecule has 2 aromatic carbocycles. The van der Waals surface area contributed by atoms with E-state index in [1.807, 2.05) is 30.3 Å². The largest absolute Gasteiger partial charge is 0.495 e. The molecule has 1 N–H and O–H groups in total. The zero-order valence-electron chi connectivity index (χ0n) is 19.0. The monoisotopic (exact) mass is 428 g/mol. The van der Waals surface area contributed by atoms with Gasteiger partial charge in [-0.2, -0.15) is 0 Å². The van der Waals surface area contributed by atoms with Crippen LogP contribution in [0.15, 0.2) is 48.5 Å². The molecular formula is C25H36N2O4. The lowest BCUT2D eigenvalue weighted by Crippen LogP contribution is -2.49. The van der Waals surface area contributed by atoms with E-state index in [-0.39, 0.29) is 0 Å². The molecule has 0 amide bonds. The number of β-amino-alcohol motifs (C(OH)–C–C–N with tert-alkyl or cyclic N) is 1. The average molecular weight is 429 g/mol. The molecule has 6 nitrogen and oxygen atoms in total. The van der Waals surface area contributed by atoms with Crippen LogP contribution < -0.4 is 14.4 Å². The first-order valence-electron chi connectivity index (χ1n) is 11.2. The van der Waals surface area contributed by atoms with Gasteiger partial charge in [0.05, 0.1) is 32.1 Å². The molecule has 0 aromatic heterocycles. The van der Waals surface area contributed by atoms with Crippen LogP contribution >= 0.6 is 0 Å². The van der Waals surface area contributed by atoms with Gasteiger partial charge in [-0.15, -0.1) is 0 Å². The molecule has 0 bridgehead atoms. The summed E-state index contributed by atoms with van der Waals surface area (Å²) < 4.78 is 16.8. The van der Waals surface area contributed by atoms with Gasteiger partial charge in [0.15, 0.2) is 0 Å². The number of piperazine rings is 1. The molecule has 2 aromatic rings. The fourth-order valence-corrected chi connectivity index (χ4v) is 3.80. The van der Waals surface area contributed by atoms with Crippen LogP contribution in [0.4, 0.5) is 5.69 Å². The summed E-state index contributed by atoms with van der Waals surface area (Å²) in [4.78, 5) is 4.62. The van der Waals surface area contributed by atoms with Crippen molar-refractivity contribution in [2.24, 2.45) is 0 Å². The quantitative estimate of drug-likeness (QED) is 0.554. The molecule has 1 aliphatic rings. The molecule has 1 atom stereocenters. The summed E-state index contributed by atoms with van der Waals surface area (Å²) in [5.41, 5.74) is 2.43. The van der Waals surface area contributed by atoms with E-state index in [1.165, 1.54) is 5.56 Å². The first-order chi connectivity index (χ1) is 15.1. The molecule has 0 spiro atoms. The lowest BCUT2D eigenvalue weighted by molar-refractivity contribution is 0.00717. The van der Waals surface area contributed by atoms with Crippen molar-refractivity contribution >= 4 is 5.69 Å². The maximum atomic E-state index is 10.3. The van der Waals surface area contributed by atoms with Gasteiger partial charge in [0.25, 0.3) is 0 Å². The number of hydrogen-bond donors (Lipinski definition) is 1. The fourth-order valence-electron chi connectivity index (χ4n) is 3.80. The zero-order valence-corrected chi connectivity index (χ0v) is 19.0. The molecular weight excluding hydrogens is 392 g/mol. The Balaban J connectivity index is 1.29. The molecule has 170 valence electrons. The molecule has 31 heavy (non-hydrogen) atoms. The minimum atomic E-state index is -0.497. The summed E-state index contributed by atoms with van der Waals surface area (Å²) in [6, 6.07) is 16.3. The number of aliphatic hydroxyl groups is 1. The van der Waals surface area contributed by atoms with E-state index in [9.17, 15) is 5.11 Å². The van der Waals surface area contributed by atoms with Crippen molar-refractivity contribution in [1.29, 1.82) is 0 Å². The Hall–Kier alpha value is -2.28. The number of benzene rings is 2. The SMILES string of the molecule is COc1ccccc1N1CCN(C[C@H](O)COCCOc2ccc(C(C)C)cc2)CC1. The van der Waals surface area contributed by atoms with E-state index in [0.717, 1.165) is 43.4 Å². The number of para-hydroxylation sites is 2. The standard InChI is InChI=1S/C25H36N2O4/c1-20(2)21-8-10-23(11-9-21)31-17-16-30-19-22(28)18-26-12-14-27(15-13-26)24-6-4-5-7-25(24)29-3/h4-11,20,22,28H,12-19H2,1-3H3/t22-/m0/s1. The molecule has 0 radical (unpaired) electrons. The highest BCUT2D eigenvalue weighted by Crippen LogP contribution is 2.28. The lowest BCUT2D eigenvalue weighted by Gasteiger charge is -2.37. The normalized spacial score (nSPS) is 15.8. The van der Waals surface area contributed by atoms with Crippen molar-refractivity contribution in [1.82, 2.24) is 4.90 Å². The molecule has 3 rings (SSSR count). The van der Waals surface area contributed by atoms with Crippen LogP contribution in [-0.2, 0) is 4.74 Å². The van der Waals surface area contributed by atoms with Crippen molar-refractivity contribution in [2.45, 2.75) is 25.9 Å². The summed E-state index contributed by atoms with van der Waals surface area (Å²) in [5, 5.41) is 10.3. The Morgan fingerprint density at radius 1 is 0.935 bits per heavy atom. The van der Waals surface area contributed by atoms with Crippen LogP contribution in [0, 0.1) is 0 Å². The number of aliphatic hydroxyl groups excluding tert-OH is 1. The maximum Gasteiger partial charge on any atom is 0.142 e. The molecule has 1 heterocycles. The highest BCUT2D eigenvalue weighted by atomic mass is 16.5. The first kappa shape index (κ1) is 23.4. The highest BCUT2D eigenvalue weighted by molar-refractivity contribution is 5.58. The van der Waals surface area contributed by atoms with Gasteiger partial charge in [0.1, 0.15) is 18.1 Å². The first-order valence-corrected chi connectivity index (χ1v) is 11.2. The van der Waals surface area contributed by atoms with E-state index in [2.05, 4.69) is 41.8 Å². The van der Waals surface area contributed by atoms with Crippen LogP contribution in [0.3, 0.4) is 0 Å². The number of anilines is 1. The third-order valence-electron chi connectivity index (χ3n) is 5.62. The zero-order chi connectivity index (χ0) is 22.1. The van der Waals surface area contributed by atoms with Crippen molar-refractivity contribution < 1.29 is 19.3 Å².